The second kappa shape index (κ2) is 13.4. The van der Waals surface area contributed by atoms with Gasteiger partial charge in [0, 0.05) is 13.7 Å². The molecule has 0 saturated heterocycles. The highest BCUT2D eigenvalue weighted by Gasteiger charge is 2.18. The normalized spacial score (nSPS) is 13.8. The third kappa shape index (κ3) is 8.66. The molecule has 30 heavy (non-hydrogen) atoms. The van der Waals surface area contributed by atoms with Gasteiger partial charge in [0.25, 0.3) is 0 Å². The summed E-state index contributed by atoms with van der Waals surface area (Å²) in [5, 5.41) is 14.0. The number of urea groups is 1. The van der Waals surface area contributed by atoms with Crippen molar-refractivity contribution in [2.24, 2.45) is 5.92 Å². The van der Waals surface area contributed by atoms with E-state index in [1.807, 2.05) is 36.4 Å². The number of nitrogens with one attached hydrogen (secondary N) is 2. The summed E-state index contributed by atoms with van der Waals surface area (Å²) in [6.45, 7) is 0.572. The first-order valence-electron chi connectivity index (χ1n) is 10.4. The highest BCUT2D eigenvalue weighted by molar-refractivity contribution is 5.75. The zero-order chi connectivity index (χ0) is 21.6. The van der Waals surface area contributed by atoms with Crippen molar-refractivity contribution in [2.75, 3.05) is 20.3 Å². The molecule has 0 bridgehead atoms. The minimum atomic E-state index is -0.933. The van der Waals surface area contributed by atoms with E-state index in [-0.39, 0.29) is 18.7 Å². The van der Waals surface area contributed by atoms with Crippen molar-refractivity contribution in [2.45, 2.75) is 38.1 Å². The molecular formula is C24H32N2O4. The van der Waals surface area contributed by atoms with Crippen LogP contribution in [-0.4, -0.2) is 37.4 Å². The molecule has 1 fully saturated rings. The Bertz CT molecular complexity index is 707. The molecule has 1 aliphatic carbocycles. The van der Waals surface area contributed by atoms with Gasteiger partial charge < -0.3 is 20.5 Å². The average Bonchev–Trinajstić information content (AvgIpc) is 2.78. The maximum atomic E-state index is 12.4. The van der Waals surface area contributed by atoms with Crippen LogP contribution in [0.3, 0.4) is 0 Å². The number of carbonyl (C=O) groups is 2. The molecule has 1 aliphatic rings. The van der Waals surface area contributed by atoms with Crippen molar-refractivity contribution < 1.29 is 19.4 Å². The summed E-state index contributed by atoms with van der Waals surface area (Å²) in [6.07, 6.45) is 6.41. The molecule has 6 heteroatoms. The fraction of sp³-hybridized carbons (Fsp3) is 0.417. The number of methoxy groups -OCH3 is 1. The van der Waals surface area contributed by atoms with Crippen molar-refractivity contribution in [1.29, 1.82) is 0 Å². The molecule has 0 spiro atoms. The molecule has 0 atom stereocenters. The summed E-state index contributed by atoms with van der Waals surface area (Å²) in [5.41, 5.74) is 2.19. The van der Waals surface area contributed by atoms with Gasteiger partial charge in [-0.3, -0.25) is 0 Å². The quantitative estimate of drug-likeness (QED) is 0.630. The molecule has 0 radical (unpaired) electrons. The lowest BCUT2D eigenvalue weighted by Gasteiger charge is -2.24. The molecule has 0 aromatic heterocycles. The van der Waals surface area contributed by atoms with E-state index in [0.29, 0.717) is 5.92 Å². The summed E-state index contributed by atoms with van der Waals surface area (Å²) in [5.74, 6) is -0.297. The molecule has 2 amide bonds. The van der Waals surface area contributed by atoms with Crippen LogP contribution in [0.25, 0.3) is 0 Å². The van der Waals surface area contributed by atoms with Gasteiger partial charge >= 0.3 is 12.0 Å². The molecule has 1 saturated carbocycles. The maximum absolute atomic E-state index is 12.4. The minimum absolute atomic E-state index is 0.0849. The van der Waals surface area contributed by atoms with Crippen molar-refractivity contribution >= 4 is 12.0 Å². The standard InChI is InChI=1S/C21H26N2O.C3H6O3/c24-21(22-16-17-10-4-1-5-11-17)23-20(18-12-6-2-7-13-18)19-14-8-3-9-15-19;1-6-2-3(4)5/h2-3,6-9,12-15,17,20H,1,4-5,10-11,16H2,(H2,22,23,24);2H2,1H3,(H,4,5). The fourth-order valence-electron chi connectivity index (χ4n) is 3.58. The van der Waals surface area contributed by atoms with E-state index in [0.717, 1.165) is 17.7 Å². The average molecular weight is 413 g/mol. The third-order valence-electron chi connectivity index (χ3n) is 5.09. The van der Waals surface area contributed by atoms with Gasteiger partial charge in [-0.05, 0) is 29.9 Å². The number of ether oxygens (including phenoxy) is 1. The van der Waals surface area contributed by atoms with Gasteiger partial charge in [-0.25, -0.2) is 9.59 Å². The third-order valence-corrected chi connectivity index (χ3v) is 5.09. The first-order chi connectivity index (χ1) is 14.6. The summed E-state index contributed by atoms with van der Waals surface area (Å²) in [4.78, 5) is 21.9. The van der Waals surface area contributed by atoms with Crippen LogP contribution in [-0.2, 0) is 9.53 Å². The smallest absolute Gasteiger partial charge is 0.329 e. The van der Waals surface area contributed by atoms with Gasteiger partial charge in [-0.1, -0.05) is 79.9 Å². The van der Waals surface area contributed by atoms with Crippen molar-refractivity contribution in [3.63, 3.8) is 0 Å². The van der Waals surface area contributed by atoms with Crippen LogP contribution in [0, 0.1) is 5.92 Å². The Kier molecular flexibility index (Phi) is 10.4. The van der Waals surface area contributed by atoms with Crippen LogP contribution >= 0.6 is 0 Å². The van der Waals surface area contributed by atoms with E-state index in [2.05, 4.69) is 39.6 Å². The highest BCUT2D eigenvalue weighted by atomic mass is 16.5. The lowest BCUT2D eigenvalue weighted by molar-refractivity contribution is -0.141. The fourth-order valence-corrected chi connectivity index (χ4v) is 3.58. The monoisotopic (exact) mass is 412 g/mol. The van der Waals surface area contributed by atoms with Gasteiger partial charge in [0.2, 0.25) is 0 Å². The number of hydrogen-bond donors (Lipinski definition) is 3. The number of carboxylic acid groups (broad SMARTS) is 1. The Morgan fingerprint density at radius 1 is 0.967 bits per heavy atom. The topological polar surface area (TPSA) is 87.7 Å². The van der Waals surface area contributed by atoms with E-state index in [9.17, 15) is 9.59 Å². The van der Waals surface area contributed by atoms with Crippen molar-refractivity contribution in [1.82, 2.24) is 10.6 Å². The number of carboxylic acids is 1. The van der Waals surface area contributed by atoms with Gasteiger partial charge in [0.15, 0.2) is 0 Å². The minimum Gasteiger partial charge on any atom is -0.480 e. The first-order valence-corrected chi connectivity index (χ1v) is 10.4. The number of aliphatic carboxylic acids is 1. The first kappa shape index (κ1) is 23.4. The highest BCUT2D eigenvalue weighted by Crippen LogP contribution is 2.23. The number of benzene rings is 2. The molecule has 6 nitrogen and oxygen atoms in total. The molecule has 3 N–H and O–H groups in total. The second-order valence-electron chi connectivity index (χ2n) is 7.44. The van der Waals surface area contributed by atoms with E-state index in [1.165, 1.54) is 39.2 Å². The van der Waals surface area contributed by atoms with Crippen LogP contribution in [0.5, 0.6) is 0 Å². The number of hydrogen-bond acceptors (Lipinski definition) is 3. The molecule has 2 aromatic carbocycles. The summed E-state index contributed by atoms with van der Waals surface area (Å²) >= 11 is 0. The molecule has 162 valence electrons. The molecule has 0 aliphatic heterocycles. The van der Waals surface area contributed by atoms with E-state index in [1.54, 1.807) is 0 Å². The largest absolute Gasteiger partial charge is 0.480 e. The number of carbonyl (C=O) groups excluding carboxylic acids is 1. The van der Waals surface area contributed by atoms with Gasteiger partial charge in [-0.2, -0.15) is 0 Å². The predicted molar refractivity (Wildman–Crippen MR) is 117 cm³/mol. The molecule has 0 unspecified atom stereocenters. The van der Waals surface area contributed by atoms with E-state index >= 15 is 0 Å². The summed E-state index contributed by atoms with van der Waals surface area (Å²) < 4.78 is 4.20. The Morgan fingerprint density at radius 3 is 1.93 bits per heavy atom. The van der Waals surface area contributed by atoms with Crippen LogP contribution < -0.4 is 10.6 Å². The van der Waals surface area contributed by atoms with Crippen LogP contribution in [0.1, 0.15) is 49.3 Å². The van der Waals surface area contributed by atoms with Crippen molar-refractivity contribution in [3.05, 3.63) is 71.8 Å². The number of rotatable bonds is 7. The van der Waals surface area contributed by atoms with Crippen LogP contribution in [0.4, 0.5) is 4.79 Å². The van der Waals surface area contributed by atoms with Gasteiger partial charge in [0.1, 0.15) is 6.61 Å². The zero-order valence-electron chi connectivity index (χ0n) is 17.5. The zero-order valence-corrected chi connectivity index (χ0v) is 17.5. The summed E-state index contributed by atoms with van der Waals surface area (Å²) in [7, 11) is 1.34. The second-order valence-corrected chi connectivity index (χ2v) is 7.44. The molecule has 2 aromatic rings. The predicted octanol–water partition coefficient (Wildman–Crippen LogP) is 4.37. The Balaban J connectivity index is 0.000000469. The Morgan fingerprint density at radius 2 is 1.50 bits per heavy atom. The lowest BCUT2D eigenvalue weighted by Crippen LogP contribution is -2.40. The van der Waals surface area contributed by atoms with Crippen LogP contribution in [0.2, 0.25) is 0 Å². The lowest BCUT2D eigenvalue weighted by atomic mass is 9.89. The number of amides is 2. The Hall–Kier alpha value is -2.86. The molecular weight excluding hydrogens is 380 g/mol. The van der Waals surface area contributed by atoms with Gasteiger partial charge in [0.05, 0.1) is 6.04 Å². The van der Waals surface area contributed by atoms with Gasteiger partial charge in [-0.15, -0.1) is 0 Å². The van der Waals surface area contributed by atoms with E-state index < -0.39 is 5.97 Å². The molecule has 3 rings (SSSR count). The van der Waals surface area contributed by atoms with Crippen LogP contribution in [0.15, 0.2) is 60.7 Å². The van der Waals surface area contributed by atoms with Crippen molar-refractivity contribution in [3.8, 4) is 0 Å². The maximum Gasteiger partial charge on any atom is 0.329 e. The summed E-state index contributed by atoms with van der Waals surface area (Å²) in [6, 6.07) is 20.0. The SMILES string of the molecule is COCC(=O)O.O=C(NCC1CCCCC1)NC(c1ccccc1)c1ccccc1. The van der Waals surface area contributed by atoms with E-state index in [4.69, 9.17) is 5.11 Å². The molecule has 0 heterocycles. The Labute approximate surface area is 178 Å².